The highest BCUT2D eigenvalue weighted by molar-refractivity contribution is 7.14. The van der Waals surface area contributed by atoms with E-state index in [1.165, 1.54) is 0 Å². The minimum atomic E-state index is 0.150. The van der Waals surface area contributed by atoms with Crippen molar-refractivity contribution in [1.29, 1.82) is 0 Å². The van der Waals surface area contributed by atoms with Crippen molar-refractivity contribution in [2.75, 3.05) is 11.9 Å². The fourth-order valence-electron chi connectivity index (χ4n) is 1.71. The van der Waals surface area contributed by atoms with Crippen LogP contribution >= 0.6 is 11.3 Å². The number of carbonyl (C=O) groups excluding carboxylic acids is 1. The zero-order chi connectivity index (χ0) is 10.1. The van der Waals surface area contributed by atoms with Gasteiger partial charge in [-0.05, 0) is 30.4 Å². The first-order valence-electron chi connectivity index (χ1n) is 4.75. The van der Waals surface area contributed by atoms with E-state index >= 15 is 0 Å². The average molecular weight is 210 g/mol. The summed E-state index contributed by atoms with van der Waals surface area (Å²) in [4.78, 5) is 13.6. The summed E-state index contributed by atoms with van der Waals surface area (Å²) in [7, 11) is 1.83. The van der Waals surface area contributed by atoms with Crippen LogP contribution in [-0.4, -0.2) is 19.0 Å². The molecule has 1 aliphatic carbocycles. The summed E-state index contributed by atoms with van der Waals surface area (Å²) in [6.45, 7) is 0. The predicted molar refractivity (Wildman–Crippen MR) is 58.4 cm³/mol. The SMILES string of the molecule is CN(C(=O)C1CC(N)C1)c1cccs1. The Bertz CT molecular complexity index is 317. The molecular weight excluding hydrogens is 196 g/mol. The van der Waals surface area contributed by atoms with Gasteiger partial charge in [0.25, 0.3) is 0 Å². The first-order valence-corrected chi connectivity index (χ1v) is 5.63. The van der Waals surface area contributed by atoms with Gasteiger partial charge in [-0.3, -0.25) is 4.79 Å². The Balaban J connectivity index is 1.99. The van der Waals surface area contributed by atoms with Crippen molar-refractivity contribution in [3.8, 4) is 0 Å². The molecule has 0 atom stereocenters. The van der Waals surface area contributed by atoms with E-state index < -0.39 is 0 Å². The predicted octanol–water partition coefficient (Wildman–Crippen LogP) is 1.45. The molecule has 1 aromatic heterocycles. The van der Waals surface area contributed by atoms with Crippen LogP contribution in [0.5, 0.6) is 0 Å². The number of thiophene rings is 1. The highest BCUT2D eigenvalue weighted by Gasteiger charge is 2.34. The van der Waals surface area contributed by atoms with Crippen LogP contribution in [0.3, 0.4) is 0 Å². The van der Waals surface area contributed by atoms with Gasteiger partial charge in [-0.1, -0.05) is 0 Å². The fraction of sp³-hybridized carbons (Fsp3) is 0.500. The van der Waals surface area contributed by atoms with Crippen molar-refractivity contribution in [2.45, 2.75) is 18.9 Å². The standard InChI is InChI=1S/C10H14N2OS/c1-12(9-3-2-4-14-9)10(13)7-5-8(11)6-7/h2-4,7-8H,5-6,11H2,1H3. The number of hydrogen-bond donors (Lipinski definition) is 1. The van der Waals surface area contributed by atoms with Crippen LogP contribution in [0.2, 0.25) is 0 Å². The van der Waals surface area contributed by atoms with Gasteiger partial charge < -0.3 is 10.6 Å². The minimum Gasteiger partial charge on any atom is -0.328 e. The summed E-state index contributed by atoms with van der Waals surface area (Å²) < 4.78 is 0. The van der Waals surface area contributed by atoms with E-state index in [1.54, 1.807) is 16.2 Å². The van der Waals surface area contributed by atoms with Gasteiger partial charge in [0, 0.05) is 19.0 Å². The Morgan fingerprint density at radius 3 is 2.86 bits per heavy atom. The van der Waals surface area contributed by atoms with E-state index in [0.717, 1.165) is 17.8 Å². The van der Waals surface area contributed by atoms with E-state index in [1.807, 2.05) is 24.6 Å². The Hall–Kier alpha value is -0.870. The molecule has 76 valence electrons. The molecule has 4 heteroatoms. The number of anilines is 1. The normalized spacial score (nSPS) is 25.6. The van der Waals surface area contributed by atoms with Crippen molar-refractivity contribution in [3.63, 3.8) is 0 Å². The van der Waals surface area contributed by atoms with Gasteiger partial charge in [-0.25, -0.2) is 0 Å². The quantitative estimate of drug-likeness (QED) is 0.803. The highest BCUT2D eigenvalue weighted by Crippen LogP contribution is 2.30. The molecule has 0 bridgehead atoms. The van der Waals surface area contributed by atoms with Gasteiger partial charge in [0.15, 0.2) is 0 Å². The third-order valence-corrected chi connectivity index (χ3v) is 3.64. The number of carbonyl (C=O) groups is 1. The smallest absolute Gasteiger partial charge is 0.230 e. The Morgan fingerprint density at radius 1 is 1.64 bits per heavy atom. The largest absolute Gasteiger partial charge is 0.328 e. The van der Waals surface area contributed by atoms with Crippen LogP contribution in [0.1, 0.15) is 12.8 Å². The van der Waals surface area contributed by atoms with E-state index in [2.05, 4.69) is 0 Å². The van der Waals surface area contributed by atoms with Crippen molar-refractivity contribution in [1.82, 2.24) is 0 Å². The van der Waals surface area contributed by atoms with E-state index in [0.29, 0.717) is 0 Å². The first-order chi connectivity index (χ1) is 6.68. The topological polar surface area (TPSA) is 46.3 Å². The summed E-state index contributed by atoms with van der Waals surface area (Å²) in [6, 6.07) is 4.15. The van der Waals surface area contributed by atoms with Crippen LogP contribution in [-0.2, 0) is 4.79 Å². The zero-order valence-corrected chi connectivity index (χ0v) is 8.96. The monoisotopic (exact) mass is 210 g/mol. The molecule has 3 nitrogen and oxygen atoms in total. The lowest BCUT2D eigenvalue weighted by molar-refractivity contribution is -0.124. The number of rotatable bonds is 2. The van der Waals surface area contributed by atoms with Crippen LogP contribution < -0.4 is 10.6 Å². The lowest BCUT2D eigenvalue weighted by atomic mass is 9.80. The molecule has 1 aromatic rings. The molecule has 1 heterocycles. The lowest BCUT2D eigenvalue weighted by Gasteiger charge is -2.33. The van der Waals surface area contributed by atoms with Crippen molar-refractivity contribution < 1.29 is 4.79 Å². The van der Waals surface area contributed by atoms with Gasteiger partial charge >= 0.3 is 0 Å². The van der Waals surface area contributed by atoms with Crippen molar-refractivity contribution in [3.05, 3.63) is 17.5 Å². The second kappa shape index (κ2) is 3.71. The van der Waals surface area contributed by atoms with Crippen molar-refractivity contribution in [2.24, 2.45) is 11.7 Å². The molecule has 1 saturated carbocycles. The Morgan fingerprint density at radius 2 is 2.36 bits per heavy atom. The summed E-state index contributed by atoms with van der Waals surface area (Å²) >= 11 is 1.59. The molecule has 0 aromatic carbocycles. The average Bonchev–Trinajstić information content (AvgIpc) is 2.63. The number of nitrogens with zero attached hydrogens (tertiary/aromatic N) is 1. The molecule has 1 fully saturated rings. The van der Waals surface area contributed by atoms with Gasteiger partial charge in [0.05, 0.1) is 5.00 Å². The number of amides is 1. The van der Waals surface area contributed by atoms with Crippen LogP contribution in [0.25, 0.3) is 0 Å². The second-order valence-electron chi connectivity index (χ2n) is 3.78. The Labute approximate surface area is 87.5 Å². The van der Waals surface area contributed by atoms with E-state index in [9.17, 15) is 4.79 Å². The molecule has 0 saturated heterocycles. The molecule has 14 heavy (non-hydrogen) atoms. The van der Waals surface area contributed by atoms with Gasteiger partial charge in [-0.2, -0.15) is 0 Å². The molecular formula is C10H14N2OS. The summed E-state index contributed by atoms with van der Waals surface area (Å²) in [5.41, 5.74) is 5.66. The molecule has 2 rings (SSSR count). The third-order valence-electron chi connectivity index (χ3n) is 2.69. The zero-order valence-electron chi connectivity index (χ0n) is 8.14. The molecule has 0 aliphatic heterocycles. The summed E-state index contributed by atoms with van der Waals surface area (Å²) in [5, 5.41) is 2.99. The maximum absolute atomic E-state index is 11.8. The highest BCUT2D eigenvalue weighted by atomic mass is 32.1. The first kappa shape index (κ1) is 9.68. The van der Waals surface area contributed by atoms with Crippen LogP contribution in [0, 0.1) is 5.92 Å². The van der Waals surface area contributed by atoms with Crippen molar-refractivity contribution >= 4 is 22.2 Å². The van der Waals surface area contributed by atoms with Crippen LogP contribution in [0.4, 0.5) is 5.00 Å². The third kappa shape index (κ3) is 1.67. The maximum Gasteiger partial charge on any atom is 0.230 e. The molecule has 2 N–H and O–H groups in total. The molecule has 0 radical (unpaired) electrons. The lowest BCUT2D eigenvalue weighted by Crippen LogP contribution is -2.45. The fourth-order valence-corrected chi connectivity index (χ4v) is 2.41. The number of hydrogen-bond acceptors (Lipinski definition) is 3. The van der Waals surface area contributed by atoms with Crippen LogP contribution in [0.15, 0.2) is 17.5 Å². The van der Waals surface area contributed by atoms with E-state index in [4.69, 9.17) is 5.73 Å². The molecule has 0 spiro atoms. The minimum absolute atomic E-state index is 0.150. The van der Waals surface area contributed by atoms with Gasteiger partial charge in [0.2, 0.25) is 5.91 Å². The molecule has 0 unspecified atom stereocenters. The maximum atomic E-state index is 11.8. The van der Waals surface area contributed by atoms with E-state index in [-0.39, 0.29) is 17.9 Å². The molecule has 1 aliphatic rings. The van der Waals surface area contributed by atoms with Gasteiger partial charge in [-0.15, -0.1) is 11.3 Å². The summed E-state index contributed by atoms with van der Waals surface area (Å²) in [5.74, 6) is 0.353. The summed E-state index contributed by atoms with van der Waals surface area (Å²) in [6.07, 6.45) is 1.68. The second-order valence-corrected chi connectivity index (χ2v) is 4.70. The Kier molecular flexibility index (Phi) is 2.56. The molecule has 1 amide bonds. The number of nitrogens with two attached hydrogens (primary N) is 1. The van der Waals surface area contributed by atoms with Gasteiger partial charge in [0.1, 0.15) is 0 Å².